The van der Waals surface area contributed by atoms with Crippen LogP contribution >= 0.6 is 0 Å². The minimum Gasteiger partial charge on any atom is -0.481 e. The molecule has 1 amide bonds. The number of aliphatic carboxylic acids is 1. The number of carbonyl (C=O) groups excluding carboxylic acids is 1. The number of carboxylic acid groups (broad SMARTS) is 1. The fourth-order valence-corrected chi connectivity index (χ4v) is 2.44. The van der Waals surface area contributed by atoms with Gasteiger partial charge in [-0.2, -0.15) is 0 Å². The zero-order valence-electron chi connectivity index (χ0n) is 12.2. The Labute approximate surface area is 124 Å². The van der Waals surface area contributed by atoms with E-state index in [1.807, 2.05) is 19.1 Å². The summed E-state index contributed by atoms with van der Waals surface area (Å²) in [7, 11) is 0. The van der Waals surface area contributed by atoms with E-state index in [-0.39, 0.29) is 6.41 Å². The zero-order chi connectivity index (χ0) is 15.7. The van der Waals surface area contributed by atoms with Crippen LogP contribution in [0.2, 0.25) is 0 Å². The first-order valence-corrected chi connectivity index (χ1v) is 7.14. The first-order valence-electron chi connectivity index (χ1n) is 7.14. The van der Waals surface area contributed by atoms with Crippen LogP contribution in [0.5, 0.6) is 0 Å². The van der Waals surface area contributed by atoms with Crippen molar-refractivity contribution in [2.24, 2.45) is 5.92 Å². The maximum atomic E-state index is 11.4. The number of hydroxylamine groups is 2. The molecule has 0 aliphatic rings. The van der Waals surface area contributed by atoms with Gasteiger partial charge < -0.3 is 5.11 Å². The molecule has 0 aliphatic carbocycles. The number of carboxylic acids is 1. The number of aryl methyl sites for hydroxylation is 1. The number of pyridine rings is 1. The summed E-state index contributed by atoms with van der Waals surface area (Å²) >= 11 is 0. The van der Waals surface area contributed by atoms with Crippen molar-refractivity contribution >= 4 is 12.4 Å². The number of aromatic nitrogens is 1. The summed E-state index contributed by atoms with van der Waals surface area (Å²) in [6, 6.07) is 3.10. The van der Waals surface area contributed by atoms with Crippen LogP contribution in [-0.4, -0.2) is 38.8 Å². The molecule has 116 valence electrons. The van der Waals surface area contributed by atoms with E-state index in [1.165, 1.54) is 0 Å². The average molecular weight is 294 g/mol. The van der Waals surface area contributed by atoms with Crippen molar-refractivity contribution in [1.82, 2.24) is 10.0 Å². The largest absolute Gasteiger partial charge is 0.481 e. The van der Waals surface area contributed by atoms with E-state index in [9.17, 15) is 19.9 Å². The summed E-state index contributed by atoms with van der Waals surface area (Å²) in [6.45, 7) is 1.89. The van der Waals surface area contributed by atoms with Gasteiger partial charge in [-0.05, 0) is 37.3 Å². The number of nitrogens with zero attached hydrogens (tertiary/aromatic N) is 2. The first kappa shape index (κ1) is 17.1. The maximum Gasteiger partial charge on any atom is 0.308 e. The van der Waals surface area contributed by atoms with Gasteiger partial charge in [-0.25, -0.2) is 5.06 Å². The molecule has 6 nitrogen and oxygen atoms in total. The number of amides is 1. The van der Waals surface area contributed by atoms with Gasteiger partial charge in [0.15, 0.2) is 0 Å². The third-order valence-electron chi connectivity index (χ3n) is 3.52. The van der Waals surface area contributed by atoms with Crippen LogP contribution in [0.15, 0.2) is 24.5 Å². The van der Waals surface area contributed by atoms with Gasteiger partial charge in [0.1, 0.15) is 0 Å². The van der Waals surface area contributed by atoms with Crippen molar-refractivity contribution in [3.8, 4) is 0 Å². The molecule has 2 atom stereocenters. The zero-order valence-corrected chi connectivity index (χ0v) is 12.2. The third-order valence-corrected chi connectivity index (χ3v) is 3.52. The Morgan fingerprint density at radius 3 is 2.76 bits per heavy atom. The molecular formula is C15H22N2O4. The van der Waals surface area contributed by atoms with E-state index < -0.39 is 17.9 Å². The van der Waals surface area contributed by atoms with Gasteiger partial charge in [0.05, 0.1) is 12.0 Å². The van der Waals surface area contributed by atoms with Crippen LogP contribution < -0.4 is 0 Å². The second-order valence-corrected chi connectivity index (χ2v) is 5.04. The summed E-state index contributed by atoms with van der Waals surface area (Å²) in [4.78, 5) is 26.1. The molecule has 0 bridgehead atoms. The van der Waals surface area contributed by atoms with Crippen molar-refractivity contribution in [3.63, 3.8) is 0 Å². The normalized spacial score (nSPS) is 13.4. The monoisotopic (exact) mass is 294 g/mol. The molecule has 0 saturated heterocycles. The molecular weight excluding hydrogens is 272 g/mol. The molecule has 0 fully saturated rings. The Bertz CT molecular complexity index is 439. The smallest absolute Gasteiger partial charge is 0.308 e. The SMILES string of the molecule is CCCC(C(CCCc1cccnc1)C(=O)O)N(O)C=O. The van der Waals surface area contributed by atoms with E-state index in [2.05, 4.69) is 4.98 Å². The van der Waals surface area contributed by atoms with Crippen LogP contribution in [-0.2, 0) is 16.0 Å². The predicted molar refractivity (Wildman–Crippen MR) is 76.7 cm³/mol. The number of rotatable bonds is 10. The molecule has 2 unspecified atom stereocenters. The van der Waals surface area contributed by atoms with Crippen molar-refractivity contribution in [3.05, 3.63) is 30.1 Å². The van der Waals surface area contributed by atoms with Crippen molar-refractivity contribution in [1.29, 1.82) is 0 Å². The summed E-state index contributed by atoms with van der Waals surface area (Å²) in [5.41, 5.74) is 1.05. The third kappa shape index (κ3) is 5.51. The Balaban J connectivity index is 2.63. The van der Waals surface area contributed by atoms with E-state index >= 15 is 0 Å². The van der Waals surface area contributed by atoms with Crippen LogP contribution in [0, 0.1) is 5.92 Å². The summed E-state index contributed by atoms with van der Waals surface area (Å²) in [5, 5.41) is 19.4. The highest BCUT2D eigenvalue weighted by atomic mass is 16.5. The van der Waals surface area contributed by atoms with E-state index in [4.69, 9.17) is 0 Å². The highest BCUT2D eigenvalue weighted by molar-refractivity contribution is 5.71. The van der Waals surface area contributed by atoms with Crippen molar-refractivity contribution in [2.45, 2.75) is 45.1 Å². The van der Waals surface area contributed by atoms with Crippen LogP contribution in [0.1, 0.15) is 38.2 Å². The molecule has 0 radical (unpaired) electrons. The van der Waals surface area contributed by atoms with Gasteiger partial charge in [-0.15, -0.1) is 0 Å². The molecule has 21 heavy (non-hydrogen) atoms. The van der Waals surface area contributed by atoms with E-state index in [0.717, 1.165) is 12.0 Å². The summed E-state index contributed by atoms with van der Waals surface area (Å²) in [6.07, 6.45) is 6.66. The van der Waals surface area contributed by atoms with Gasteiger partial charge in [-0.1, -0.05) is 19.4 Å². The predicted octanol–water partition coefficient (Wildman–Crippen LogP) is 2.12. The molecule has 0 spiro atoms. The second kappa shape index (κ2) is 9.07. The van der Waals surface area contributed by atoms with Gasteiger partial charge in [0.25, 0.3) is 0 Å². The van der Waals surface area contributed by atoms with Crippen molar-refractivity contribution in [2.75, 3.05) is 0 Å². The highest BCUT2D eigenvalue weighted by Gasteiger charge is 2.31. The van der Waals surface area contributed by atoms with Crippen molar-refractivity contribution < 1.29 is 19.9 Å². The Morgan fingerprint density at radius 1 is 1.48 bits per heavy atom. The first-order chi connectivity index (χ1) is 10.1. The Kier molecular flexibility index (Phi) is 7.39. The van der Waals surface area contributed by atoms with Gasteiger partial charge >= 0.3 is 5.97 Å². The number of hydrogen-bond acceptors (Lipinski definition) is 4. The highest BCUT2D eigenvalue weighted by Crippen LogP contribution is 2.21. The minimum absolute atomic E-state index is 0.275. The lowest BCUT2D eigenvalue weighted by molar-refractivity contribution is -0.173. The van der Waals surface area contributed by atoms with Crippen LogP contribution in [0.4, 0.5) is 0 Å². The second-order valence-electron chi connectivity index (χ2n) is 5.04. The molecule has 1 aromatic heterocycles. The fraction of sp³-hybridized carbons (Fsp3) is 0.533. The fourth-order valence-electron chi connectivity index (χ4n) is 2.44. The van der Waals surface area contributed by atoms with Crippen LogP contribution in [0.25, 0.3) is 0 Å². The summed E-state index contributed by atoms with van der Waals surface area (Å²) < 4.78 is 0. The minimum atomic E-state index is -0.986. The van der Waals surface area contributed by atoms with E-state index in [1.54, 1.807) is 12.4 Å². The lowest BCUT2D eigenvalue weighted by Gasteiger charge is -2.27. The van der Waals surface area contributed by atoms with Crippen LogP contribution in [0.3, 0.4) is 0 Å². The standard InChI is InChI=1S/C15H22N2O4/c1-2-5-14(17(21)11-18)13(15(19)20)8-3-6-12-7-4-9-16-10-12/h4,7,9-11,13-14,21H,2-3,5-6,8H2,1H3,(H,19,20). The number of hydrogen-bond donors (Lipinski definition) is 2. The average Bonchev–Trinajstić information content (AvgIpc) is 2.50. The van der Waals surface area contributed by atoms with Gasteiger partial charge in [0, 0.05) is 12.4 Å². The molecule has 1 aromatic rings. The molecule has 1 rings (SSSR count). The lowest BCUT2D eigenvalue weighted by atomic mass is 9.90. The summed E-state index contributed by atoms with van der Waals surface area (Å²) in [5.74, 6) is -1.75. The molecule has 1 heterocycles. The lowest BCUT2D eigenvalue weighted by Crippen LogP contribution is -2.41. The van der Waals surface area contributed by atoms with E-state index in [0.29, 0.717) is 30.7 Å². The molecule has 0 aliphatic heterocycles. The Morgan fingerprint density at radius 2 is 2.24 bits per heavy atom. The molecule has 0 saturated carbocycles. The molecule has 2 N–H and O–H groups in total. The number of carbonyl (C=O) groups is 2. The molecule has 6 heteroatoms. The topological polar surface area (TPSA) is 90.7 Å². The van der Waals surface area contributed by atoms with Gasteiger partial charge in [-0.3, -0.25) is 19.8 Å². The van der Waals surface area contributed by atoms with Gasteiger partial charge in [0.2, 0.25) is 6.41 Å². The maximum absolute atomic E-state index is 11.4. The Hall–Kier alpha value is -1.95. The quantitative estimate of drug-likeness (QED) is 0.392. The molecule has 0 aromatic carbocycles.